The van der Waals surface area contributed by atoms with Crippen molar-refractivity contribution in [3.8, 4) is 22.5 Å². The summed E-state index contributed by atoms with van der Waals surface area (Å²) in [4.78, 5) is 4.50. The minimum atomic E-state index is -0.293. The normalized spacial score (nSPS) is 11.7. The first-order valence-corrected chi connectivity index (χ1v) is 25.7. The van der Waals surface area contributed by atoms with Crippen molar-refractivity contribution < 1.29 is 8.78 Å². The van der Waals surface area contributed by atoms with Crippen molar-refractivity contribution in [3.05, 3.63) is 278 Å². The highest BCUT2D eigenvalue weighted by Crippen LogP contribution is 2.50. The van der Waals surface area contributed by atoms with Gasteiger partial charge in [-0.3, -0.25) is 0 Å². The van der Waals surface area contributed by atoms with Gasteiger partial charge < -0.3 is 18.9 Å². The van der Waals surface area contributed by atoms with E-state index in [1.54, 1.807) is 12.1 Å². The second-order valence-electron chi connectivity index (χ2n) is 19.8. The van der Waals surface area contributed by atoms with Crippen LogP contribution < -0.4 is 9.80 Å². The van der Waals surface area contributed by atoms with Crippen molar-refractivity contribution >= 4 is 99.3 Å². The van der Waals surface area contributed by atoms with E-state index in [0.29, 0.717) is 0 Å². The number of fused-ring (bicyclic) bond motifs is 8. The van der Waals surface area contributed by atoms with Crippen LogP contribution in [0.4, 0.5) is 42.9 Å². The molecule has 0 bridgehead atoms. The number of halogens is 2. The Morgan fingerprint density at radius 1 is 0.289 bits per heavy atom. The summed E-state index contributed by atoms with van der Waals surface area (Å²) in [7, 11) is 0. The molecule has 0 radical (unpaired) electrons. The SMILES string of the molecule is Cc1ccc(-n2c3ccccc3c3cc(N(c4ccc(F)cc4)c4ccc(-c5c6ccccc6c(N(c6ccc(F)cc6)c6ccc7c(c6)c6ccccc6n7-c6ccc(C)cc6)c6ccccc56)cc4)ccc32)cc1. The molecular weight excluding hydrogens is 935 g/mol. The molecule has 0 aliphatic heterocycles. The first-order chi connectivity index (χ1) is 37.3. The summed E-state index contributed by atoms with van der Waals surface area (Å²) >= 11 is 0. The molecule has 362 valence electrons. The lowest BCUT2D eigenvalue weighted by molar-refractivity contribution is 0.627. The minimum Gasteiger partial charge on any atom is -0.310 e. The van der Waals surface area contributed by atoms with Crippen molar-refractivity contribution in [2.24, 2.45) is 0 Å². The van der Waals surface area contributed by atoms with E-state index in [4.69, 9.17) is 0 Å². The van der Waals surface area contributed by atoms with Crippen molar-refractivity contribution in [2.75, 3.05) is 9.80 Å². The quantitative estimate of drug-likeness (QED) is 0.134. The van der Waals surface area contributed by atoms with Crippen molar-refractivity contribution in [1.82, 2.24) is 9.13 Å². The Morgan fingerprint density at radius 3 is 1.08 bits per heavy atom. The third-order valence-corrected chi connectivity index (χ3v) is 15.1. The summed E-state index contributed by atoms with van der Waals surface area (Å²) in [5.74, 6) is -0.583. The van der Waals surface area contributed by atoms with Gasteiger partial charge >= 0.3 is 0 Å². The Balaban J connectivity index is 0.932. The van der Waals surface area contributed by atoms with Gasteiger partial charge in [0.2, 0.25) is 0 Å². The fourth-order valence-corrected chi connectivity index (χ4v) is 11.6. The summed E-state index contributed by atoms with van der Waals surface area (Å²) in [5, 5.41) is 8.82. The monoisotopic (exact) mass is 982 g/mol. The number of anilines is 6. The summed E-state index contributed by atoms with van der Waals surface area (Å²) in [6.45, 7) is 4.22. The zero-order valence-electron chi connectivity index (χ0n) is 41.8. The van der Waals surface area contributed by atoms with Gasteiger partial charge in [-0.25, -0.2) is 8.78 Å². The largest absolute Gasteiger partial charge is 0.310 e. The summed E-state index contributed by atoms with van der Waals surface area (Å²) < 4.78 is 34.2. The van der Waals surface area contributed by atoms with Gasteiger partial charge in [-0.15, -0.1) is 0 Å². The van der Waals surface area contributed by atoms with Gasteiger partial charge in [0, 0.05) is 72.1 Å². The Kier molecular flexibility index (Phi) is 10.6. The van der Waals surface area contributed by atoms with E-state index in [1.807, 2.05) is 24.3 Å². The zero-order chi connectivity index (χ0) is 51.0. The molecule has 2 aromatic heterocycles. The first kappa shape index (κ1) is 44.9. The fraction of sp³-hybridized carbons (Fsp3) is 0.0286. The molecular formula is C70H48F2N4. The molecule has 0 saturated heterocycles. The minimum absolute atomic E-state index is 0.290. The van der Waals surface area contributed by atoms with Crippen molar-refractivity contribution in [3.63, 3.8) is 0 Å². The molecule has 0 unspecified atom stereocenters. The third kappa shape index (κ3) is 7.40. The number of hydrogen-bond donors (Lipinski definition) is 0. The molecule has 0 fully saturated rings. The van der Waals surface area contributed by atoms with Gasteiger partial charge in [0.25, 0.3) is 0 Å². The second kappa shape index (κ2) is 18.0. The summed E-state index contributed by atoms with van der Waals surface area (Å²) in [6, 6.07) is 87.4. The summed E-state index contributed by atoms with van der Waals surface area (Å²) in [5.41, 5.74) is 16.8. The first-order valence-electron chi connectivity index (χ1n) is 25.7. The van der Waals surface area contributed by atoms with Gasteiger partial charge in [0.15, 0.2) is 0 Å². The molecule has 0 atom stereocenters. The Hall–Kier alpha value is -9.78. The highest BCUT2D eigenvalue weighted by molar-refractivity contribution is 6.23. The molecule has 14 aromatic rings. The Morgan fingerprint density at radius 2 is 0.632 bits per heavy atom. The summed E-state index contributed by atoms with van der Waals surface area (Å²) in [6.07, 6.45) is 0. The van der Waals surface area contributed by atoms with Crippen LogP contribution in [0.15, 0.2) is 255 Å². The highest BCUT2D eigenvalue weighted by atomic mass is 19.1. The van der Waals surface area contributed by atoms with E-state index in [0.717, 1.165) is 122 Å². The maximum atomic E-state index is 14.9. The van der Waals surface area contributed by atoms with Gasteiger partial charge in [-0.2, -0.15) is 0 Å². The van der Waals surface area contributed by atoms with E-state index in [1.165, 1.54) is 23.3 Å². The molecule has 0 N–H and O–H groups in total. The molecule has 0 aliphatic carbocycles. The van der Waals surface area contributed by atoms with E-state index >= 15 is 0 Å². The lowest BCUT2D eigenvalue weighted by Crippen LogP contribution is -2.12. The molecule has 0 aliphatic rings. The predicted octanol–water partition coefficient (Wildman–Crippen LogP) is 19.7. The number of benzene rings is 12. The van der Waals surface area contributed by atoms with Crippen LogP contribution >= 0.6 is 0 Å². The molecule has 0 spiro atoms. The predicted molar refractivity (Wildman–Crippen MR) is 314 cm³/mol. The van der Waals surface area contributed by atoms with Crippen LogP contribution in [0, 0.1) is 25.5 Å². The highest BCUT2D eigenvalue weighted by Gasteiger charge is 2.25. The van der Waals surface area contributed by atoms with Gasteiger partial charge in [-0.05, 0) is 169 Å². The van der Waals surface area contributed by atoms with Crippen LogP contribution in [0.5, 0.6) is 0 Å². The maximum Gasteiger partial charge on any atom is 0.123 e. The van der Waals surface area contributed by atoms with Crippen molar-refractivity contribution in [1.29, 1.82) is 0 Å². The van der Waals surface area contributed by atoms with Crippen LogP contribution in [0.25, 0.3) is 87.7 Å². The van der Waals surface area contributed by atoms with E-state index in [2.05, 4.69) is 239 Å². The van der Waals surface area contributed by atoms with E-state index in [-0.39, 0.29) is 11.6 Å². The number of nitrogens with zero attached hydrogens (tertiary/aromatic N) is 4. The van der Waals surface area contributed by atoms with Crippen LogP contribution in [-0.2, 0) is 0 Å². The number of para-hydroxylation sites is 2. The molecule has 4 nitrogen and oxygen atoms in total. The molecule has 14 rings (SSSR count). The van der Waals surface area contributed by atoms with Crippen LogP contribution in [0.2, 0.25) is 0 Å². The molecule has 76 heavy (non-hydrogen) atoms. The zero-order valence-corrected chi connectivity index (χ0v) is 41.8. The number of aryl methyl sites for hydroxylation is 2. The number of rotatable bonds is 9. The topological polar surface area (TPSA) is 16.3 Å². The van der Waals surface area contributed by atoms with Crippen LogP contribution in [0.3, 0.4) is 0 Å². The molecule has 6 heteroatoms. The lowest BCUT2D eigenvalue weighted by atomic mass is 9.89. The smallest absolute Gasteiger partial charge is 0.123 e. The van der Waals surface area contributed by atoms with Crippen LogP contribution in [0.1, 0.15) is 11.1 Å². The molecule has 0 saturated carbocycles. The second-order valence-corrected chi connectivity index (χ2v) is 19.8. The average molecular weight is 983 g/mol. The molecule has 2 heterocycles. The van der Waals surface area contributed by atoms with E-state index < -0.39 is 0 Å². The van der Waals surface area contributed by atoms with Crippen LogP contribution in [-0.4, -0.2) is 9.13 Å². The maximum absolute atomic E-state index is 14.9. The van der Waals surface area contributed by atoms with Gasteiger partial charge in [0.05, 0.1) is 27.8 Å². The Labute approximate surface area is 438 Å². The lowest BCUT2D eigenvalue weighted by Gasteiger charge is -2.30. The van der Waals surface area contributed by atoms with Gasteiger partial charge in [-0.1, -0.05) is 132 Å². The number of aromatic nitrogens is 2. The standard InChI is InChI=1S/C70H48F2N4/c1-45-19-29-53(30-20-45)75-65-17-9-7-11-57(65)63-43-55(39-41-67(63)75)73(51-35-25-48(71)26-36-51)50-33-23-47(24-34-50)69-59-13-3-5-15-61(59)70(62-16-6-4-14-60(62)69)74(52-37-27-49(72)28-38-52)56-40-42-68-64(44-56)58-12-8-10-18-66(58)76(68)54-31-21-46(2)22-32-54/h3-44H,1-2H3. The third-order valence-electron chi connectivity index (χ3n) is 15.1. The molecule has 0 amide bonds. The number of hydrogen-bond acceptors (Lipinski definition) is 2. The van der Waals surface area contributed by atoms with Crippen molar-refractivity contribution in [2.45, 2.75) is 13.8 Å². The fourth-order valence-electron chi connectivity index (χ4n) is 11.6. The molecule has 12 aromatic carbocycles. The van der Waals surface area contributed by atoms with Gasteiger partial charge in [0.1, 0.15) is 11.6 Å². The average Bonchev–Trinajstić information content (AvgIpc) is 3.97. The van der Waals surface area contributed by atoms with E-state index in [9.17, 15) is 8.78 Å². The Bertz CT molecular complexity index is 4480.